The van der Waals surface area contributed by atoms with Crippen LogP contribution < -0.4 is 11.3 Å². The Morgan fingerprint density at radius 3 is 2.78 bits per heavy atom. The fourth-order valence-electron chi connectivity index (χ4n) is 3.15. The van der Waals surface area contributed by atoms with Crippen molar-refractivity contribution >= 4 is 16.6 Å². The zero-order valence-electron chi connectivity index (χ0n) is 10.6. The molecule has 0 amide bonds. The number of anilines is 1. The second-order valence-corrected chi connectivity index (χ2v) is 5.31. The first-order valence-electron chi connectivity index (χ1n) is 6.58. The molecule has 1 heterocycles. The Morgan fingerprint density at radius 2 is 2.06 bits per heavy atom. The van der Waals surface area contributed by atoms with Crippen LogP contribution in [0.4, 0.5) is 5.82 Å². The molecule has 2 unspecified atom stereocenters. The van der Waals surface area contributed by atoms with E-state index in [0.717, 1.165) is 17.2 Å². The van der Waals surface area contributed by atoms with Crippen LogP contribution in [-0.2, 0) is 0 Å². The van der Waals surface area contributed by atoms with E-state index >= 15 is 0 Å². The van der Waals surface area contributed by atoms with Crippen LogP contribution in [0.5, 0.6) is 0 Å². The van der Waals surface area contributed by atoms with Gasteiger partial charge in [0.15, 0.2) is 0 Å². The van der Waals surface area contributed by atoms with Crippen molar-refractivity contribution in [3.8, 4) is 0 Å². The van der Waals surface area contributed by atoms with Crippen molar-refractivity contribution < 1.29 is 0 Å². The normalized spacial score (nSPS) is 23.6. The van der Waals surface area contributed by atoms with E-state index in [4.69, 9.17) is 5.73 Å². The summed E-state index contributed by atoms with van der Waals surface area (Å²) >= 11 is 0. The maximum Gasteiger partial charge on any atom is 0.260 e. The topological polar surface area (TPSA) is 48.0 Å². The summed E-state index contributed by atoms with van der Waals surface area (Å²) in [6, 6.07) is 9.85. The molecule has 0 bridgehead atoms. The van der Waals surface area contributed by atoms with E-state index in [1.807, 2.05) is 30.3 Å². The number of nitrogens with two attached hydrogens (primary N) is 1. The van der Waals surface area contributed by atoms with E-state index in [-0.39, 0.29) is 11.6 Å². The molecule has 1 saturated carbocycles. The van der Waals surface area contributed by atoms with Gasteiger partial charge in [0.25, 0.3) is 5.56 Å². The van der Waals surface area contributed by atoms with E-state index in [9.17, 15) is 4.79 Å². The molecule has 18 heavy (non-hydrogen) atoms. The molecular weight excluding hydrogens is 224 g/mol. The van der Waals surface area contributed by atoms with Crippen LogP contribution in [0, 0.1) is 5.92 Å². The highest BCUT2D eigenvalue weighted by molar-refractivity contribution is 5.83. The molecule has 2 N–H and O–H groups in total. The van der Waals surface area contributed by atoms with Gasteiger partial charge in [-0.2, -0.15) is 0 Å². The molecule has 94 valence electrons. The van der Waals surface area contributed by atoms with Crippen molar-refractivity contribution in [1.82, 2.24) is 4.57 Å². The van der Waals surface area contributed by atoms with Crippen LogP contribution >= 0.6 is 0 Å². The minimum Gasteiger partial charge on any atom is -0.385 e. The second-order valence-electron chi connectivity index (χ2n) is 5.31. The third kappa shape index (κ3) is 1.62. The average Bonchev–Trinajstić information content (AvgIpc) is 2.76. The molecule has 3 rings (SSSR count). The summed E-state index contributed by atoms with van der Waals surface area (Å²) in [5, 5.41) is 1.70. The first-order chi connectivity index (χ1) is 8.68. The van der Waals surface area contributed by atoms with Gasteiger partial charge in [0.1, 0.15) is 5.82 Å². The lowest BCUT2D eigenvalue weighted by Gasteiger charge is -2.21. The zero-order chi connectivity index (χ0) is 12.7. The van der Waals surface area contributed by atoms with Gasteiger partial charge in [-0.25, -0.2) is 0 Å². The smallest absolute Gasteiger partial charge is 0.260 e. The molecular formula is C15H18N2O. The van der Waals surface area contributed by atoms with Gasteiger partial charge >= 0.3 is 0 Å². The summed E-state index contributed by atoms with van der Waals surface area (Å²) in [6.45, 7) is 2.21. The van der Waals surface area contributed by atoms with Crippen molar-refractivity contribution in [2.45, 2.75) is 32.2 Å². The molecule has 1 aliphatic rings. The minimum atomic E-state index is 0.0596. The molecule has 1 aromatic heterocycles. The first kappa shape index (κ1) is 11.3. The molecule has 3 nitrogen and oxygen atoms in total. The van der Waals surface area contributed by atoms with Crippen LogP contribution in [0.2, 0.25) is 0 Å². The molecule has 0 spiro atoms. The molecule has 2 atom stereocenters. The van der Waals surface area contributed by atoms with Crippen LogP contribution in [0.3, 0.4) is 0 Å². The zero-order valence-corrected chi connectivity index (χ0v) is 10.6. The Balaban J connectivity index is 2.26. The Hall–Kier alpha value is -1.77. The third-order valence-electron chi connectivity index (χ3n) is 4.14. The van der Waals surface area contributed by atoms with Crippen LogP contribution in [0.15, 0.2) is 35.1 Å². The second kappa shape index (κ2) is 4.16. The van der Waals surface area contributed by atoms with Gasteiger partial charge in [0, 0.05) is 11.4 Å². The quantitative estimate of drug-likeness (QED) is 0.835. The summed E-state index contributed by atoms with van der Waals surface area (Å²) in [6.07, 6.45) is 3.43. The fraction of sp³-hybridized carbons (Fsp3) is 0.400. The molecule has 1 fully saturated rings. The van der Waals surface area contributed by atoms with Gasteiger partial charge < -0.3 is 5.73 Å². The largest absolute Gasteiger partial charge is 0.385 e. The molecule has 0 aliphatic heterocycles. The fourth-order valence-corrected chi connectivity index (χ4v) is 3.15. The highest BCUT2D eigenvalue weighted by Crippen LogP contribution is 2.36. The van der Waals surface area contributed by atoms with E-state index in [1.165, 1.54) is 12.8 Å². The number of hydrogen-bond donors (Lipinski definition) is 1. The maximum absolute atomic E-state index is 12.6. The van der Waals surface area contributed by atoms with Crippen molar-refractivity contribution in [3.63, 3.8) is 0 Å². The highest BCUT2D eigenvalue weighted by Gasteiger charge is 2.27. The van der Waals surface area contributed by atoms with Gasteiger partial charge in [-0.05, 0) is 36.3 Å². The van der Waals surface area contributed by atoms with Crippen molar-refractivity contribution in [2.24, 2.45) is 5.92 Å². The number of aromatic nitrogens is 1. The number of hydrogen-bond acceptors (Lipinski definition) is 2. The first-order valence-corrected chi connectivity index (χ1v) is 6.58. The predicted molar refractivity (Wildman–Crippen MR) is 74.7 cm³/mol. The lowest BCUT2D eigenvalue weighted by atomic mass is 10.0. The highest BCUT2D eigenvalue weighted by atomic mass is 16.1. The Bertz CT molecular complexity index is 644. The molecule has 1 aliphatic carbocycles. The van der Waals surface area contributed by atoms with Gasteiger partial charge in [-0.1, -0.05) is 31.5 Å². The standard InChI is InChI=1S/C15H18N2O/c1-10-5-4-8-13(10)17-14(16)9-11-6-2-3-7-12(11)15(17)18/h2-3,6-7,9-10,13H,4-5,8,16H2,1H3. The Labute approximate surface area is 106 Å². The summed E-state index contributed by atoms with van der Waals surface area (Å²) in [7, 11) is 0. The average molecular weight is 242 g/mol. The Kier molecular flexibility index (Phi) is 2.62. The predicted octanol–water partition coefficient (Wildman–Crippen LogP) is 2.94. The van der Waals surface area contributed by atoms with Crippen LogP contribution in [0.25, 0.3) is 10.8 Å². The minimum absolute atomic E-state index is 0.0596. The van der Waals surface area contributed by atoms with E-state index in [1.54, 1.807) is 4.57 Å². The Morgan fingerprint density at radius 1 is 1.28 bits per heavy atom. The third-order valence-corrected chi connectivity index (χ3v) is 4.14. The van der Waals surface area contributed by atoms with E-state index < -0.39 is 0 Å². The number of pyridine rings is 1. The summed E-state index contributed by atoms with van der Waals surface area (Å²) < 4.78 is 1.81. The van der Waals surface area contributed by atoms with Crippen molar-refractivity contribution in [1.29, 1.82) is 0 Å². The molecule has 2 aromatic rings. The number of nitrogen functional groups attached to an aromatic ring is 1. The number of fused-ring (bicyclic) bond motifs is 1. The lowest BCUT2D eigenvalue weighted by Crippen LogP contribution is -2.28. The summed E-state index contributed by atoms with van der Waals surface area (Å²) in [5.41, 5.74) is 6.15. The van der Waals surface area contributed by atoms with Gasteiger partial charge in [0.05, 0.1) is 0 Å². The van der Waals surface area contributed by atoms with Crippen molar-refractivity contribution in [2.75, 3.05) is 5.73 Å². The molecule has 1 aromatic carbocycles. The van der Waals surface area contributed by atoms with Gasteiger partial charge in [-0.15, -0.1) is 0 Å². The van der Waals surface area contributed by atoms with Crippen molar-refractivity contribution in [3.05, 3.63) is 40.7 Å². The van der Waals surface area contributed by atoms with Gasteiger partial charge in [-0.3, -0.25) is 9.36 Å². The van der Waals surface area contributed by atoms with Gasteiger partial charge in [0.2, 0.25) is 0 Å². The molecule has 0 radical (unpaired) electrons. The van der Waals surface area contributed by atoms with Crippen LogP contribution in [0.1, 0.15) is 32.2 Å². The van der Waals surface area contributed by atoms with Crippen LogP contribution in [-0.4, -0.2) is 4.57 Å². The summed E-state index contributed by atoms with van der Waals surface area (Å²) in [4.78, 5) is 12.6. The lowest BCUT2D eigenvalue weighted by molar-refractivity contribution is 0.404. The molecule has 3 heteroatoms. The molecule has 0 saturated heterocycles. The van der Waals surface area contributed by atoms with E-state index in [0.29, 0.717) is 11.7 Å². The number of rotatable bonds is 1. The van der Waals surface area contributed by atoms with E-state index in [2.05, 4.69) is 6.92 Å². The maximum atomic E-state index is 12.6. The summed E-state index contributed by atoms with van der Waals surface area (Å²) in [5.74, 6) is 1.13. The SMILES string of the molecule is CC1CCCC1n1c(N)cc2ccccc2c1=O. The number of benzene rings is 1. The number of nitrogens with zero attached hydrogens (tertiary/aromatic N) is 1. The monoisotopic (exact) mass is 242 g/mol.